The van der Waals surface area contributed by atoms with Gasteiger partial charge in [0.1, 0.15) is 0 Å². The van der Waals surface area contributed by atoms with Gasteiger partial charge in [0.15, 0.2) is 5.44 Å². The number of rotatable bonds is 7. The molecule has 1 aromatic rings. The third-order valence-electron chi connectivity index (χ3n) is 2.73. The number of carbonyl (C=O) groups is 2. The van der Waals surface area contributed by atoms with Crippen LogP contribution in [0.5, 0.6) is 0 Å². The third-order valence-corrected chi connectivity index (χ3v) is 4.40. The number of ether oxygens (including phenoxy) is 2. The second-order valence-electron chi connectivity index (χ2n) is 7.18. The molecular weight excluding hydrogens is 353 g/mol. The summed E-state index contributed by atoms with van der Waals surface area (Å²) in [5.41, 5.74) is -1.62. The maximum atomic E-state index is 12.8. The van der Waals surface area contributed by atoms with Crippen LogP contribution in [0.4, 0.5) is 0 Å². The Labute approximate surface area is 146 Å². The van der Waals surface area contributed by atoms with E-state index in [4.69, 9.17) is 18.5 Å². The zero-order valence-corrected chi connectivity index (χ0v) is 16.1. The molecule has 0 fully saturated rings. The lowest BCUT2D eigenvalue weighted by atomic mass is 9.98. The van der Waals surface area contributed by atoms with Crippen LogP contribution in [0.1, 0.15) is 41.5 Å². The minimum absolute atomic E-state index is 0.133. The Hall–Kier alpha value is -1.77. The summed E-state index contributed by atoms with van der Waals surface area (Å²) < 4.78 is 32.8. The van der Waals surface area contributed by atoms with Gasteiger partial charge in [0.05, 0.1) is 17.0 Å². The van der Waals surface area contributed by atoms with Crippen molar-refractivity contribution >= 4 is 25.0 Å². The average Bonchev–Trinajstić information content (AvgIpc) is 2.99. The van der Waals surface area contributed by atoms with Crippen LogP contribution in [-0.4, -0.2) is 40.9 Å². The van der Waals surface area contributed by atoms with Gasteiger partial charge in [-0.3, -0.25) is 23.2 Å². The number of H-pyrrole nitrogens is 1. The number of esters is 2. The van der Waals surface area contributed by atoms with E-state index in [-0.39, 0.29) is 5.44 Å². The normalized spacial score (nSPS) is 12.7. The van der Waals surface area contributed by atoms with Gasteiger partial charge in [0.25, 0.3) is 0 Å². The van der Waals surface area contributed by atoms with Gasteiger partial charge in [-0.05, 0) is 41.5 Å². The molecule has 1 N–H and O–H groups in total. The molecule has 0 saturated heterocycles. The van der Waals surface area contributed by atoms with Crippen LogP contribution in [0.15, 0.2) is 6.20 Å². The first-order chi connectivity index (χ1) is 11.4. The topological polar surface area (TPSA) is 130 Å². The Kier molecular flexibility index (Phi) is 6.87. The van der Waals surface area contributed by atoms with E-state index in [0.29, 0.717) is 0 Å². The fourth-order valence-electron chi connectivity index (χ4n) is 1.23. The highest BCUT2D eigenvalue weighted by Gasteiger charge is 2.34. The second kappa shape index (κ2) is 8.07. The molecule has 0 aliphatic heterocycles. The van der Waals surface area contributed by atoms with Crippen molar-refractivity contribution in [3.8, 4) is 0 Å². The van der Waals surface area contributed by atoms with Crippen molar-refractivity contribution in [2.45, 2.75) is 41.5 Å². The van der Waals surface area contributed by atoms with E-state index in [1.165, 1.54) is 0 Å². The van der Waals surface area contributed by atoms with Crippen molar-refractivity contribution < 1.29 is 32.7 Å². The summed E-state index contributed by atoms with van der Waals surface area (Å²) in [6.07, 6.45) is 1.14. The van der Waals surface area contributed by atoms with Gasteiger partial charge in [0.2, 0.25) is 13.6 Å². The summed E-state index contributed by atoms with van der Waals surface area (Å²) in [4.78, 5) is 23.4. The molecule has 0 saturated carbocycles. The predicted octanol–water partition coefficient (Wildman–Crippen LogP) is 1.75. The van der Waals surface area contributed by atoms with E-state index in [2.05, 4.69) is 15.4 Å². The SMILES string of the molecule is CC(C)(C)C(=O)OCOP(=O)(OCOC(=O)C(C)(C)C)c1cn[nH]n1. The van der Waals surface area contributed by atoms with Crippen molar-refractivity contribution in [3.05, 3.63) is 6.20 Å². The lowest BCUT2D eigenvalue weighted by Crippen LogP contribution is -2.26. The molecule has 0 bridgehead atoms. The van der Waals surface area contributed by atoms with Crippen LogP contribution in [0.25, 0.3) is 0 Å². The average molecular weight is 377 g/mol. The predicted molar refractivity (Wildman–Crippen MR) is 86.6 cm³/mol. The van der Waals surface area contributed by atoms with Gasteiger partial charge in [0, 0.05) is 0 Å². The number of aromatic amines is 1. The van der Waals surface area contributed by atoms with Gasteiger partial charge < -0.3 is 9.47 Å². The summed E-state index contributed by atoms with van der Waals surface area (Å²) in [6, 6.07) is 0. The highest BCUT2D eigenvalue weighted by molar-refractivity contribution is 7.61. The molecule has 0 aliphatic rings. The maximum Gasteiger partial charge on any atom is 0.388 e. The molecule has 1 aromatic heterocycles. The molecule has 0 amide bonds. The summed E-state index contributed by atoms with van der Waals surface area (Å²) in [7, 11) is -4.00. The van der Waals surface area contributed by atoms with Gasteiger partial charge >= 0.3 is 19.5 Å². The number of hydrogen-bond acceptors (Lipinski definition) is 9. The van der Waals surface area contributed by atoms with Crippen LogP contribution in [0.3, 0.4) is 0 Å². The quantitative estimate of drug-likeness (QED) is 0.429. The summed E-state index contributed by atoms with van der Waals surface area (Å²) in [5.74, 6) is -1.09. The molecule has 25 heavy (non-hydrogen) atoms. The smallest absolute Gasteiger partial charge is 0.388 e. The lowest BCUT2D eigenvalue weighted by Gasteiger charge is -2.20. The first-order valence-electron chi connectivity index (χ1n) is 7.46. The first kappa shape index (κ1) is 21.3. The van der Waals surface area contributed by atoms with Crippen LogP contribution >= 0.6 is 7.60 Å². The molecule has 0 spiro atoms. The Morgan fingerprint density at radius 1 is 1.00 bits per heavy atom. The Morgan fingerprint density at radius 3 is 1.76 bits per heavy atom. The Morgan fingerprint density at radius 2 is 1.44 bits per heavy atom. The molecule has 0 radical (unpaired) electrons. The van der Waals surface area contributed by atoms with Gasteiger partial charge in [-0.25, -0.2) is 0 Å². The van der Waals surface area contributed by atoms with E-state index >= 15 is 0 Å². The summed E-state index contributed by atoms with van der Waals surface area (Å²) in [6.45, 7) is 8.74. The van der Waals surface area contributed by atoms with Gasteiger partial charge in [-0.15, -0.1) is 5.10 Å². The number of carbonyl (C=O) groups excluding carboxylic acids is 2. The third kappa shape index (κ3) is 6.56. The minimum atomic E-state index is -4.00. The van der Waals surface area contributed by atoms with Crippen LogP contribution in [-0.2, 0) is 32.7 Å². The van der Waals surface area contributed by atoms with Gasteiger partial charge in [-0.1, -0.05) is 0 Å². The van der Waals surface area contributed by atoms with E-state index in [1.54, 1.807) is 41.5 Å². The van der Waals surface area contributed by atoms with Crippen molar-refractivity contribution in [2.75, 3.05) is 13.6 Å². The molecule has 11 heteroatoms. The highest BCUT2D eigenvalue weighted by atomic mass is 31.2. The van der Waals surface area contributed by atoms with Crippen LogP contribution < -0.4 is 5.44 Å². The summed E-state index contributed by atoms with van der Waals surface area (Å²) >= 11 is 0. The standard InChI is InChI=1S/C14H24N3O7P/c1-13(2,3)11(18)21-8-23-25(20,10-7-15-17-16-10)24-9-22-12(19)14(4,5)6/h7H,8-9H2,1-6H3,(H,15,16,17). The molecule has 0 atom stereocenters. The van der Waals surface area contributed by atoms with Gasteiger partial charge in [-0.2, -0.15) is 10.3 Å². The number of nitrogens with one attached hydrogen (secondary N) is 1. The minimum Gasteiger partial charge on any atom is -0.438 e. The zero-order valence-electron chi connectivity index (χ0n) is 15.2. The number of nitrogens with zero attached hydrogens (tertiary/aromatic N) is 2. The molecule has 142 valence electrons. The van der Waals surface area contributed by atoms with Crippen molar-refractivity contribution in [2.24, 2.45) is 10.8 Å². The van der Waals surface area contributed by atoms with Crippen molar-refractivity contribution in [1.82, 2.24) is 15.4 Å². The van der Waals surface area contributed by atoms with Crippen LogP contribution in [0, 0.1) is 10.8 Å². The number of hydrogen-bond donors (Lipinski definition) is 1. The molecule has 1 heterocycles. The Bertz CT molecular complexity index is 596. The monoisotopic (exact) mass is 377 g/mol. The first-order valence-corrected chi connectivity index (χ1v) is 9.00. The highest BCUT2D eigenvalue weighted by Crippen LogP contribution is 2.46. The summed E-state index contributed by atoms with van der Waals surface area (Å²) in [5, 5.41) is 9.46. The van der Waals surface area contributed by atoms with E-state index in [0.717, 1.165) is 6.20 Å². The van der Waals surface area contributed by atoms with Crippen molar-refractivity contribution in [3.63, 3.8) is 0 Å². The van der Waals surface area contributed by atoms with E-state index in [1.807, 2.05) is 0 Å². The Balaban J connectivity index is 2.69. The van der Waals surface area contributed by atoms with E-state index in [9.17, 15) is 14.2 Å². The maximum absolute atomic E-state index is 12.8. The second-order valence-corrected chi connectivity index (χ2v) is 9.15. The van der Waals surface area contributed by atoms with Crippen molar-refractivity contribution in [1.29, 1.82) is 0 Å². The van der Waals surface area contributed by atoms with Crippen LogP contribution in [0.2, 0.25) is 0 Å². The molecule has 0 unspecified atom stereocenters. The molecular formula is C14H24N3O7P. The zero-order chi connectivity index (χ0) is 19.3. The largest absolute Gasteiger partial charge is 0.438 e. The van der Waals surface area contributed by atoms with E-state index < -0.39 is 44.0 Å². The molecule has 0 aromatic carbocycles. The lowest BCUT2D eigenvalue weighted by molar-refractivity contribution is -0.161. The fraction of sp³-hybridized carbons (Fsp3) is 0.714. The molecule has 10 nitrogen and oxygen atoms in total. The number of aromatic nitrogens is 3. The molecule has 1 rings (SSSR count). The molecule has 0 aliphatic carbocycles. The fourth-order valence-corrected chi connectivity index (χ4v) is 2.32.